The van der Waals surface area contributed by atoms with Crippen molar-refractivity contribution in [1.29, 1.82) is 0 Å². The summed E-state index contributed by atoms with van der Waals surface area (Å²) in [6.07, 6.45) is 2.45. The van der Waals surface area contributed by atoms with E-state index in [1.807, 2.05) is 19.1 Å². The average Bonchev–Trinajstić information content (AvgIpc) is 3.07. The van der Waals surface area contributed by atoms with E-state index in [0.717, 1.165) is 18.7 Å². The molecule has 0 saturated heterocycles. The van der Waals surface area contributed by atoms with Crippen molar-refractivity contribution in [3.8, 4) is 11.5 Å². The van der Waals surface area contributed by atoms with Gasteiger partial charge in [-0.1, -0.05) is 0 Å². The summed E-state index contributed by atoms with van der Waals surface area (Å²) >= 11 is 0. The van der Waals surface area contributed by atoms with E-state index in [9.17, 15) is 5.11 Å². The van der Waals surface area contributed by atoms with E-state index in [-0.39, 0.29) is 29.7 Å². The Hall–Kier alpha value is -1.90. The van der Waals surface area contributed by atoms with Gasteiger partial charge in [-0.15, -0.1) is 24.0 Å². The first-order chi connectivity index (χ1) is 11.2. The van der Waals surface area contributed by atoms with Gasteiger partial charge in [-0.3, -0.25) is 0 Å². The number of hydrogen-bond donors (Lipinski definition) is 3. The number of halogens is 1. The van der Waals surface area contributed by atoms with Gasteiger partial charge < -0.3 is 24.9 Å². The van der Waals surface area contributed by atoms with E-state index < -0.39 is 0 Å². The van der Waals surface area contributed by atoms with Crippen molar-refractivity contribution in [3.63, 3.8) is 0 Å². The highest BCUT2D eigenvalue weighted by Gasteiger charge is 2.04. The van der Waals surface area contributed by atoms with Crippen LogP contribution in [-0.4, -0.2) is 31.3 Å². The van der Waals surface area contributed by atoms with E-state index >= 15 is 0 Å². The molecule has 0 bridgehead atoms. The molecule has 3 N–H and O–H groups in total. The maximum absolute atomic E-state index is 9.90. The molecule has 0 radical (unpaired) electrons. The molecule has 0 unspecified atom stereocenters. The number of furan rings is 1. The van der Waals surface area contributed by atoms with Crippen LogP contribution in [0.2, 0.25) is 0 Å². The Morgan fingerprint density at radius 2 is 2.12 bits per heavy atom. The van der Waals surface area contributed by atoms with Crippen LogP contribution < -0.4 is 15.4 Å². The van der Waals surface area contributed by atoms with Gasteiger partial charge in [0.25, 0.3) is 0 Å². The Bertz CT molecular complexity index is 630. The molecule has 0 atom stereocenters. The summed E-state index contributed by atoms with van der Waals surface area (Å²) in [5.74, 6) is 2.53. The molecule has 6 nitrogen and oxygen atoms in total. The van der Waals surface area contributed by atoms with Crippen LogP contribution >= 0.6 is 24.0 Å². The Labute approximate surface area is 159 Å². The number of methoxy groups -OCH3 is 1. The summed E-state index contributed by atoms with van der Waals surface area (Å²) < 4.78 is 10.5. The number of phenolic OH excluding ortho intramolecular Hbond substituents is 1. The predicted molar refractivity (Wildman–Crippen MR) is 105 cm³/mol. The molecule has 132 valence electrons. The third-order valence-corrected chi connectivity index (χ3v) is 3.28. The number of aliphatic imine (C=N–C) groups is 1. The standard InChI is InChI=1S/C17H23N3O3.HI/c1-3-18-17(19-9-8-14-5-4-10-23-14)20-12-13-11-15(22-2)6-7-16(13)21;/h4-7,10-11,21H,3,8-9,12H2,1-2H3,(H2,18,19,20);1H. The number of benzene rings is 1. The Morgan fingerprint density at radius 3 is 2.79 bits per heavy atom. The smallest absolute Gasteiger partial charge is 0.191 e. The lowest BCUT2D eigenvalue weighted by atomic mass is 10.2. The normalized spacial score (nSPS) is 10.8. The monoisotopic (exact) mass is 445 g/mol. The number of rotatable bonds is 7. The summed E-state index contributed by atoms with van der Waals surface area (Å²) in [7, 11) is 1.60. The minimum Gasteiger partial charge on any atom is -0.508 e. The Balaban J connectivity index is 0.00000288. The zero-order valence-electron chi connectivity index (χ0n) is 13.9. The van der Waals surface area contributed by atoms with E-state index in [1.54, 1.807) is 31.6 Å². The zero-order valence-corrected chi connectivity index (χ0v) is 16.2. The maximum Gasteiger partial charge on any atom is 0.191 e. The molecule has 0 fully saturated rings. The molecule has 1 heterocycles. The molecule has 2 rings (SSSR count). The Morgan fingerprint density at radius 1 is 1.29 bits per heavy atom. The molecule has 0 spiro atoms. The quantitative estimate of drug-likeness (QED) is 0.347. The van der Waals surface area contributed by atoms with Crippen LogP contribution in [0.5, 0.6) is 11.5 Å². The molecule has 24 heavy (non-hydrogen) atoms. The topological polar surface area (TPSA) is 79.0 Å². The number of guanidine groups is 1. The van der Waals surface area contributed by atoms with Gasteiger partial charge in [-0.25, -0.2) is 4.99 Å². The van der Waals surface area contributed by atoms with Gasteiger partial charge >= 0.3 is 0 Å². The second-order valence-electron chi connectivity index (χ2n) is 4.95. The lowest BCUT2D eigenvalue weighted by Gasteiger charge is -2.11. The highest BCUT2D eigenvalue weighted by Crippen LogP contribution is 2.23. The van der Waals surface area contributed by atoms with Crippen molar-refractivity contribution in [2.75, 3.05) is 20.2 Å². The molecule has 1 aromatic heterocycles. The van der Waals surface area contributed by atoms with Crippen molar-refractivity contribution in [2.24, 2.45) is 4.99 Å². The zero-order chi connectivity index (χ0) is 16.5. The van der Waals surface area contributed by atoms with Gasteiger partial charge in [-0.2, -0.15) is 0 Å². The fraction of sp³-hybridized carbons (Fsp3) is 0.353. The van der Waals surface area contributed by atoms with E-state index in [0.29, 0.717) is 30.4 Å². The van der Waals surface area contributed by atoms with E-state index in [2.05, 4.69) is 15.6 Å². The minimum atomic E-state index is 0. The van der Waals surface area contributed by atoms with Crippen molar-refractivity contribution in [1.82, 2.24) is 10.6 Å². The molecule has 0 amide bonds. The van der Waals surface area contributed by atoms with Crippen molar-refractivity contribution >= 4 is 29.9 Å². The molecule has 7 heteroatoms. The maximum atomic E-state index is 9.90. The predicted octanol–water partition coefficient (Wildman–Crippen LogP) is 2.91. The van der Waals surface area contributed by atoms with Crippen LogP contribution in [-0.2, 0) is 13.0 Å². The summed E-state index contributed by atoms with van der Waals surface area (Å²) in [6.45, 7) is 3.84. The summed E-state index contributed by atoms with van der Waals surface area (Å²) in [5, 5.41) is 16.3. The van der Waals surface area contributed by atoms with Gasteiger partial charge in [0.15, 0.2) is 5.96 Å². The van der Waals surface area contributed by atoms with Crippen LogP contribution in [0.3, 0.4) is 0 Å². The third-order valence-electron chi connectivity index (χ3n) is 3.28. The summed E-state index contributed by atoms with van der Waals surface area (Å²) in [6, 6.07) is 8.93. The molecule has 1 aromatic carbocycles. The van der Waals surface area contributed by atoms with Crippen LogP contribution in [0.25, 0.3) is 0 Å². The van der Waals surface area contributed by atoms with E-state index in [4.69, 9.17) is 9.15 Å². The average molecular weight is 445 g/mol. The minimum absolute atomic E-state index is 0. The van der Waals surface area contributed by atoms with Gasteiger partial charge in [-0.05, 0) is 37.3 Å². The number of nitrogens with zero attached hydrogens (tertiary/aromatic N) is 1. The summed E-state index contributed by atoms with van der Waals surface area (Å²) in [5.41, 5.74) is 0.715. The Kier molecular flexibility index (Phi) is 9.06. The number of phenols is 1. The molecule has 0 aliphatic rings. The van der Waals surface area contributed by atoms with Gasteiger partial charge in [0, 0.05) is 25.1 Å². The number of aromatic hydroxyl groups is 1. The van der Waals surface area contributed by atoms with Crippen molar-refractivity contribution in [2.45, 2.75) is 19.9 Å². The van der Waals surface area contributed by atoms with Crippen LogP contribution in [0.4, 0.5) is 0 Å². The molecule has 0 saturated carbocycles. The molecular formula is C17H24IN3O3. The van der Waals surface area contributed by atoms with Crippen LogP contribution in [0.1, 0.15) is 18.2 Å². The third kappa shape index (κ3) is 6.31. The first kappa shape index (κ1) is 20.1. The second-order valence-corrected chi connectivity index (χ2v) is 4.95. The first-order valence-corrected chi connectivity index (χ1v) is 7.63. The summed E-state index contributed by atoms with van der Waals surface area (Å²) in [4.78, 5) is 4.49. The number of nitrogens with one attached hydrogen (secondary N) is 2. The first-order valence-electron chi connectivity index (χ1n) is 7.63. The largest absolute Gasteiger partial charge is 0.508 e. The SMILES string of the molecule is CCNC(=NCc1cc(OC)ccc1O)NCCc1ccco1.I. The van der Waals surface area contributed by atoms with Crippen molar-refractivity contribution < 1.29 is 14.3 Å². The van der Waals surface area contributed by atoms with Crippen LogP contribution in [0.15, 0.2) is 46.0 Å². The molecule has 0 aliphatic carbocycles. The molecule has 0 aliphatic heterocycles. The highest BCUT2D eigenvalue weighted by atomic mass is 127. The number of hydrogen-bond acceptors (Lipinski definition) is 4. The van der Waals surface area contributed by atoms with Crippen LogP contribution in [0, 0.1) is 0 Å². The highest BCUT2D eigenvalue weighted by molar-refractivity contribution is 14.0. The second kappa shape index (κ2) is 10.8. The molecular weight excluding hydrogens is 421 g/mol. The fourth-order valence-corrected chi connectivity index (χ4v) is 2.08. The molecule has 2 aromatic rings. The van der Waals surface area contributed by atoms with Gasteiger partial charge in [0.05, 0.1) is 19.9 Å². The number of ether oxygens (including phenoxy) is 1. The lowest BCUT2D eigenvalue weighted by molar-refractivity contribution is 0.411. The van der Waals surface area contributed by atoms with Gasteiger partial charge in [0.2, 0.25) is 0 Å². The fourth-order valence-electron chi connectivity index (χ4n) is 2.08. The van der Waals surface area contributed by atoms with E-state index in [1.165, 1.54) is 0 Å². The van der Waals surface area contributed by atoms with Crippen molar-refractivity contribution in [3.05, 3.63) is 47.9 Å². The lowest BCUT2D eigenvalue weighted by Crippen LogP contribution is -2.38. The van der Waals surface area contributed by atoms with Gasteiger partial charge in [0.1, 0.15) is 17.3 Å².